The van der Waals surface area contributed by atoms with E-state index >= 15 is 0 Å². The van der Waals surface area contributed by atoms with Gasteiger partial charge in [0, 0.05) is 16.3 Å². The van der Waals surface area contributed by atoms with Gasteiger partial charge in [0.05, 0.1) is 11.7 Å². The van der Waals surface area contributed by atoms with Crippen molar-refractivity contribution < 1.29 is 58.2 Å². The van der Waals surface area contributed by atoms with Gasteiger partial charge in [0.15, 0.2) is 6.61 Å². The monoisotopic (exact) mass is 478 g/mol. The van der Waals surface area contributed by atoms with Crippen LogP contribution in [0.2, 0.25) is 5.02 Å². The Bertz CT molecular complexity index is 1140. The molecule has 0 spiro atoms. The molecule has 164 valence electrons. The van der Waals surface area contributed by atoms with Crippen molar-refractivity contribution in [2.45, 2.75) is 0 Å². The van der Waals surface area contributed by atoms with Crippen LogP contribution in [-0.2, 0) is 14.3 Å². The van der Waals surface area contributed by atoms with Gasteiger partial charge in [-0.15, -0.1) is 0 Å². The van der Waals surface area contributed by atoms with Crippen molar-refractivity contribution in [3.63, 3.8) is 0 Å². The maximum atomic E-state index is 13.0. The zero-order valence-corrected chi connectivity index (χ0v) is 20.3. The molecule has 0 radical (unpaired) electrons. The van der Waals surface area contributed by atoms with Gasteiger partial charge in [-0.2, -0.15) is 0 Å². The van der Waals surface area contributed by atoms with Crippen LogP contribution in [0.25, 0.3) is 11.1 Å². The smallest absolute Gasteiger partial charge is 0.545 e. The van der Waals surface area contributed by atoms with Crippen molar-refractivity contribution in [2.75, 3.05) is 23.8 Å². The summed E-state index contributed by atoms with van der Waals surface area (Å²) in [6.07, 6.45) is 0. The van der Waals surface area contributed by atoms with E-state index in [9.17, 15) is 23.9 Å². The molecule has 3 rings (SSSR count). The molecular formula is C23H17ClFN2NaO5. The number of carbonyl (C=O) groups is 3. The van der Waals surface area contributed by atoms with Crippen molar-refractivity contribution in [3.8, 4) is 11.1 Å². The number of carbonyl (C=O) groups excluding carboxylic acids is 3. The zero-order chi connectivity index (χ0) is 23.1. The molecule has 0 saturated heterocycles. The van der Waals surface area contributed by atoms with Crippen LogP contribution >= 0.6 is 11.6 Å². The molecule has 7 nitrogen and oxygen atoms in total. The van der Waals surface area contributed by atoms with Gasteiger partial charge in [-0.3, -0.25) is 9.59 Å². The fourth-order valence-corrected chi connectivity index (χ4v) is 2.95. The van der Waals surface area contributed by atoms with E-state index in [1.807, 2.05) is 12.1 Å². The van der Waals surface area contributed by atoms with Gasteiger partial charge in [0.1, 0.15) is 12.4 Å². The third-order valence-electron chi connectivity index (χ3n) is 4.34. The minimum atomic E-state index is -1.51. The first-order valence-corrected chi connectivity index (χ1v) is 9.76. The Labute approximate surface area is 216 Å². The van der Waals surface area contributed by atoms with Crippen LogP contribution in [0.4, 0.5) is 15.8 Å². The van der Waals surface area contributed by atoms with Crippen molar-refractivity contribution >= 4 is 40.8 Å². The van der Waals surface area contributed by atoms with Crippen LogP contribution in [-0.4, -0.2) is 31.0 Å². The standard InChI is InChI=1S/C23H18ClFN2O5.Na/c24-16-5-10-20(19(11-16)23(30)31)27-21(28)13-32-22(29)12-26-18-8-3-15(4-9-18)14-1-6-17(25)7-2-14;/h1-11,26H,12-13H2,(H,27,28)(H,30,31);/q;+1/p-1. The molecule has 2 N–H and O–H groups in total. The summed E-state index contributed by atoms with van der Waals surface area (Å²) in [7, 11) is 0. The number of hydrogen-bond donors (Lipinski definition) is 2. The molecule has 0 aliphatic carbocycles. The summed E-state index contributed by atoms with van der Waals surface area (Å²) >= 11 is 5.74. The van der Waals surface area contributed by atoms with E-state index in [2.05, 4.69) is 10.6 Å². The van der Waals surface area contributed by atoms with E-state index in [1.54, 1.807) is 24.3 Å². The summed E-state index contributed by atoms with van der Waals surface area (Å²) in [4.78, 5) is 35.0. The summed E-state index contributed by atoms with van der Waals surface area (Å²) < 4.78 is 17.9. The van der Waals surface area contributed by atoms with Gasteiger partial charge in [-0.25, -0.2) is 4.39 Å². The molecule has 0 saturated carbocycles. The van der Waals surface area contributed by atoms with Gasteiger partial charge in [0.25, 0.3) is 5.91 Å². The van der Waals surface area contributed by atoms with E-state index in [0.717, 1.165) is 17.2 Å². The maximum absolute atomic E-state index is 13.0. The third kappa shape index (κ3) is 7.87. The molecular weight excluding hydrogens is 462 g/mol. The average Bonchev–Trinajstić information content (AvgIpc) is 2.78. The second kappa shape index (κ2) is 12.4. The first kappa shape index (κ1) is 26.3. The Kier molecular flexibility index (Phi) is 9.87. The second-order valence-corrected chi connectivity index (χ2v) is 7.06. The van der Waals surface area contributed by atoms with Crippen molar-refractivity contribution in [2.24, 2.45) is 0 Å². The minimum absolute atomic E-state index is 0. The fourth-order valence-electron chi connectivity index (χ4n) is 2.77. The number of aromatic carboxylic acids is 1. The van der Waals surface area contributed by atoms with Gasteiger partial charge >= 0.3 is 35.5 Å². The normalized spacial score (nSPS) is 10.0. The largest absolute Gasteiger partial charge is 1.00 e. The Morgan fingerprint density at radius 3 is 2.15 bits per heavy atom. The summed E-state index contributed by atoms with van der Waals surface area (Å²) in [6.45, 7) is -0.784. The van der Waals surface area contributed by atoms with E-state index in [4.69, 9.17) is 16.3 Å². The predicted octanol–water partition coefficient (Wildman–Crippen LogP) is 0.107. The van der Waals surface area contributed by atoms with Crippen LogP contribution in [0.3, 0.4) is 0 Å². The van der Waals surface area contributed by atoms with E-state index in [0.29, 0.717) is 5.69 Å². The van der Waals surface area contributed by atoms with Crippen LogP contribution in [0.15, 0.2) is 66.7 Å². The number of ether oxygens (including phenoxy) is 1. The molecule has 0 aliphatic heterocycles. The van der Waals surface area contributed by atoms with Gasteiger partial charge in [0.2, 0.25) is 0 Å². The molecule has 3 aromatic carbocycles. The SMILES string of the molecule is O=C(COC(=O)CNc1ccc(-c2ccc(F)cc2)cc1)Nc1ccc(Cl)cc1C(=O)[O-].[Na+]. The molecule has 1 amide bonds. The number of benzene rings is 3. The van der Waals surface area contributed by atoms with Crippen molar-refractivity contribution in [3.05, 3.63) is 83.1 Å². The number of esters is 1. The van der Waals surface area contributed by atoms with Crippen molar-refractivity contribution in [1.82, 2.24) is 0 Å². The molecule has 33 heavy (non-hydrogen) atoms. The van der Waals surface area contributed by atoms with Crippen LogP contribution < -0.4 is 45.3 Å². The van der Waals surface area contributed by atoms with Crippen LogP contribution in [0.5, 0.6) is 0 Å². The number of carboxylic acids is 1. The number of carboxylic acid groups (broad SMARTS) is 1. The molecule has 0 fully saturated rings. The van der Waals surface area contributed by atoms with Crippen molar-refractivity contribution in [1.29, 1.82) is 0 Å². The average molecular weight is 479 g/mol. The minimum Gasteiger partial charge on any atom is -0.545 e. The summed E-state index contributed by atoms with van der Waals surface area (Å²) in [5.41, 5.74) is 2.08. The van der Waals surface area contributed by atoms with Gasteiger partial charge in [-0.05, 0) is 53.6 Å². The van der Waals surface area contributed by atoms with E-state index in [1.165, 1.54) is 24.3 Å². The van der Waals surface area contributed by atoms with E-state index in [-0.39, 0.29) is 58.2 Å². The Morgan fingerprint density at radius 2 is 1.55 bits per heavy atom. The topological polar surface area (TPSA) is 108 Å². The van der Waals surface area contributed by atoms with Crippen LogP contribution in [0.1, 0.15) is 10.4 Å². The number of halogens is 2. The number of amides is 1. The first-order valence-electron chi connectivity index (χ1n) is 9.38. The number of hydrogen-bond acceptors (Lipinski definition) is 6. The second-order valence-electron chi connectivity index (χ2n) is 6.62. The Balaban J connectivity index is 0.00000385. The first-order chi connectivity index (χ1) is 15.3. The summed E-state index contributed by atoms with van der Waals surface area (Å²) in [6, 6.07) is 17.1. The van der Waals surface area contributed by atoms with Gasteiger partial charge < -0.3 is 25.3 Å². The molecule has 0 aliphatic rings. The fraction of sp³-hybridized carbons (Fsp3) is 0.0870. The van der Waals surface area contributed by atoms with E-state index < -0.39 is 24.5 Å². The molecule has 0 aromatic heterocycles. The quantitative estimate of drug-likeness (QED) is 0.351. The molecule has 3 aromatic rings. The van der Waals surface area contributed by atoms with Crippen LogP contribution in [0, 0.1) is 5.82 Å². The Hall–Kier alpha value is -2.91. The molecule has 0 bridgehead atoms. The zero-order valence-electron chi connectivity index (χ0n) is 17.6. The summed E-state index contributed by atoms with van der Waals surface area (Å²) in [5.74, 6) is -3.22. The summed E-state index contributed by atoms with van der Waals surface area (Å²) in [5, 5.41) is 16.5. The molecule has 0 atom stereocenters. The Morgan fingerprint density at radius 1 is 0.939 bits per heavy atom. The van der Waals surface area contributed by atoms with Gasteiger partial charge in [-0.1, -0.05) is 35.9 Å². The third-order valence-corrected chi connectivity index (χ3v) is 4.57. The number of nitrogens with one attached hydrogen (secondary N) is 2. The number of rotatable bonds is 8. The number of anilines is 2. The maximum Gasteiger partial charge on any atom is 1.00 e. The predicted molar refractivity (Wildman–Crippen MR) is 116 cm³/mol. The molecule has 0 unspecified atom stereocenters. The molecule has 0 heterocycles. The molecule has 10 heteroatoms.